The summed E-state index contributed by atoms with van der Waals surface area (Å²) in [7, 11) is 0. The smallest absolute Gasteiger partial charge is 0.00627 e. The highest BCUT2D eigenvalue weighted by Gasteiger charge is 2.06. The van der Waals surface area contributed by atoms with Gasteiger partial charge in [0.1, 0.15) is 0 Å². The summed E-state index contributed by atoms with van der Waals surface area (Å²) >= 11 is 3.56. The van der Waals surface area contributed by atoms with Gasteiger partial charge in [-0.3, -0.25) is 0 Å². The molecule has 0 aliphatic carbocycles. The first-order valence-corrected chi connectivity index (χ1v) is 6.00. The highest BCUT2D eigenvalue weighted by molar-refractivity contribution is 9.09. The minimum atomic E-state index is 0.779. The van der Waals surface area contributed by atoms with Gasteiger partial charge in [0.15, 0.2) is 0 Å². The van der Waals surface area contributed by atoms with Crippen molar-refractivity contribution in [1.29, 1.82) is 0 Å². The van der Waals surface area contributed by atoms with Gasteiger partial charge in [-0.25, -0.2) is 0 Å². The van der Waals surface area contributed by atoms with Crippen molar-refractivity contribution in [2.75, 3.05) is 5.33 Å². The third-order valence-electron chi connectivity index (χ3n) is 2.57. The third-order valence-corrected chi connectivity index (χ3v) is 3.48. The first-order chi connectivity index (χ1) is 6.27. The second kappa shape index (κ2) is 5.43. The monoisotopic (exact) mass is 240 g/mol. The van der Waals surface area contributed by atoms with E-state index in [9.17, 15) is 0 Å². The SMILES string of the molecule is CCC(CBr)Cc1ccccc1C. The van der Waals surface area contributed by atoms with Crippen molar-refractivity contribution < 1.29 is 0 Å². The van der Waals surface area contributed by atoms with Crippen LogP contribution in [0.25, 0.3) is 0 Å². The molecule has 0 spiro atoms. The van der Waals surface area contributed by atoms with E-state index >= 15 is 0 Å². The predicted molar refractivity (Wildman–Crippen MR) is 62.5 cm³/mol. The summed E-state index contributed by atoms with van der Waals surface area (Å²) in [6, 6.07) is 8.66. The van der Waals surface area contributed by atoms with Gasteiger partial charge in [-0.2, -0.15) is 0 Å². The Morgan fingerprint density at radius 1 is 1.31 bits per heavy atom. The average Bonchev–Trinajstić information content (AvgIpc) is 2.17. The van der Waals surface area contributed by atoms with Crippen molar-refractivity contribution in [2.45, 2.75) is 26.7 Å². The maximum atomic E-state index is 3.56. The largest absolute Gasteiger partial charge is 0.0925 e. The topological polar surface area (TPSA) is 0 Å². The van der Waals surface area contributed by atoms with Crippen LogP contribution in [-0.2, 0) is 6.42 Å². The van der Waals surface area contributed by atoms with Gasteiger partial charge in [-0.1, -0.05) is 53.5 Å². The summed E-state index contributed by atoms with van der Waals surface area (Å²) in [4.78, 5) is 0. The summed E-state index contributed by atoms with van der Waals surface area (Å²) < 4.78 is 0. The molecule has 0 saturated heterocycles. The molecular formula is C12H17Br. The lowest BCUT2D eigenvalue weighted by Gasteiger charge is -2.12. The van der Waals surface area contributed by atoms with Crippen molar-refractivity contribution in [2.24, 2.45) is 5.92 Å². The van der Waals surface area contributed by atoms with Gasteiger partial charge in [-0.15, -0.1) is 0 Å². The zero-order valence-corrected chi connectivity index (χ0v) is 9.97. The van der Waals surface area contributed by atoms with Crippen molar-refractivity contribution in [3.8, 4) is 0 Å². The molecule has 0 fully saturated rings. The van der Waals surface area contributed by atoms with Crippen LogP contribution >= 0.6 is 15.9 Å². The second-order valence-electron chi connectivity index (χ2n) is 3.56. The van der Waals surface area contributed by atoms with Crippen LogP contribution in [0.5, 0.6) is 0 Å². The van der Waals surface area contributed by atoms with Gasteiger partial charge in [0.05, 0.1) is 0 Å². The van der Waals surface area contributed by atoms with Crippen molar-refractivity contribution in [3.63, 3.8) is 0 Å². The lowest BCUT2D eigenvalue weighted by molar-refractivity contribution is 0.572. The fraction of sp³-hybridized carbons (Fsp3) is 0.500. The second-order valence-corrected chi connectivity index (χ2v) is 4.21. The van der Waals surface area contributed by atoms with Crippen LogP contribution in [0, 0.1) is 12.8 Å². The molecule has 0 radical (unpaired) electrons. The van der Waals surface area contributed by atoms with Crippen LogP contribution in [0.15, 0.2) is 24.3 Å². The molecule has 72 valence electrons. The van der Waals surface area contributed by atoms with E-state index in [4.69, 9.17) is 0 Å². The Morgan fingerprint density at radius 2 is 2.00 bits per heavy atom. The van der Waals surface area contributed by atoms with E-state index in [2.05, 4.69) is 54.0 Å². The number of hydrogen-bond donors (Lipinski definition) is 0. The van der Waals surface area contributed by atoms with Crippen LogP contribution in [0.3, 0.4) is 0 Å². The molecule has 0 nitrogen and oxygen atoms in total. The first-order valence-electron chi connectivity index (χ1n) is 4.88. The Hall–Kier alpha value is -0.300. The maximum absolute atomic E-state index is 3.56. The molecule has 1 aromatic carbocycles. The van der Waals surface area contributed by atoms with Crippen molar-refractivity contribution >= 4 is 15.9 Å². The van der Waals surface area contributed by atoms with E-state index in [1.165, 1.54) is 24.0 Å². The minimum Gasteiger partial charge on any atom is -0.0925 e. The molecular weight excluding hydrogens is 224 g/mol. The average molecular weight is 241 g/mol. The molecule has 0 heterocycles. The van der Waals surface area contributed by atoms with Gasteiger partial charge in [0, 0.05) is 5.33 Å². The van der Waals surface area contributed by atoms with E-state index in [0.29, 0.717) is 0 Å². The Balaban J connectivity index is 2.67. The summed E-state index contributed by atoms with van der Waals surface area (Å²) in [6.07, 6.45) is 2.45. The first kappa shape index (κ1) is 10.8. The molecule has 0 bridgehead atoms. The third kappa shape index (κ3) is 3.15. The van der Waals surface area contributed by atoms with Crippen LogP contribution in [0.1, 0.15) is 24.5 Å². The van der Waals surface area contributed by atoms with E-state index in [1.807, 2.05) is 0 Å². The number of halogens is 1. The van der Waals surface area contributed by atoms with Gasteiger partial charge < -0.3 is 0 Å². The predicted octanol–water partition coefficient (Wildman–Crippen LogP) is 3.96. The van der Waals surface area contributed by atoms with E-state index < -0.39 is 0 Å². The molecule has 0 aromatic heterocycles. The molecule has 0 amide bonds. The molecule has 1 atom stereocenters. The molecule has 0 aliphatic heterocycles. The van der Waals surface area contributed by atoms with Gasteiger partial charge in [-0.05, 0) is 30.4 Å². The number of alkyl halides is 1. The minimum absolute atomic E-state index is 0.779. The molecule has 1 heteroatoms. The lowest BCUT2D eigenvalue weighted by atomic mass is 9.96. The normalized spacial score (nSPS) is 12.8. The summed E-state index contributed by atoms with van der Waals surface area (Å²) in [5, 5.41) is 1.11. The summed E-state index contributed by atoms with van der Waals surface area (Å²) in [5.74, 6) is 0.779. The fourth-order valence-corrected chi connectivity index (χ4v) is 2.14. The van der Waals surface area contributed by atoms with Gasteiger partial charge in [0.25, 0.3) is 0 Å². The Labute approximate surface area is 89.5 Å². The molecule has 0 N–H and O–H groups in total. The van der Waals surface area contributed by atoms with Crippen molar-refractivity contribution in [1.82, 2.24) is 0 Å². The molecule has 0 saturated carbocycles. The summed E-state index contributed by atoms with van der Waals surface area (Å²) in [5.41, 5.74) is 2.91. The Bertz CT molecular complexity index is 251. The van der Waals surface area contributed by atoms with Crippen LogP contribution < -0.4 is 0 Å². The van der Waals surface area contributed by atoms with E-state index in [1.54, 1.807) is 0 Å². The van der Waals surface area contributed by atoms with Gasteiger partial charge in [0.2, 0.25) is 0 Å². The number of aryl methyl sites for hydroxylation is 1. The summed E-state index contributed by atoms with van der Waals surface area (Å²) in [6.45, 7) is 4.44. The Morgan fingerprint density at radius 3 is 2.54 bits per heavy atom. The number of hydrogen-bond acceptors (Lipinski definition) is 0. The fourth-order valence-electron chi connectivity index (χ4n) is 1.46. The number of benzene rings is 1. The van der Waals surface area contributed by atoms with Gasteiger partial charge >= 0.3 is 0 Å². The molecule has 1 unspecified atom stereocenters. The molecule has 1 rings (SSSR count). The molecule has 1 aromatic rings. The highest BCUT2D eigenvalue weighted by atomic mass is 79.9. The quantitative estimate of drug-likeness (QED) is 0.700. The van der Waals surface area contributed by atoms with Crippen molar-refractivity contribution in [3.05, 3.63) is 35.4 Å². The molecule has 0 aliphatic rings. The highest BCUT2D eigenvalue weighted by Crippen LogP contribution is 2.17. The zero-order chi connectivity index (χ0) is 9.68. The standard InChI is InChI=1S/C12H17Br/c1-3-11(9-13)8-12-7-5-4-6-10(12)2/h4-7,11H,3,8-9H2,1-2H3. The lowest BCUT2D eigenvalue weighted by Crippen LogP contribution is -2.05. The number of rotatable bonds is 4. The van der Waals surface area contributed by atoms with Crippen LogP contribution in [0.4, 0.5) is 0 Å². The van der Waals surface area contributed by atoms with Crippen LogP contribution in [0.2, 0.25) is 0 Å². The zero-order valence-electron chi connectivity index (χ0n) is 8.39. The molecule has 13 heavy (non-hydrogen) atoms. The Kier molecular flexibility index (Phi) is 4.51. The maximum Gasteiger partial charge on any atom is 0.00627 e. The van der Waals surface area contributed by atoms with E-state index in [0.717, 1.165) is 11.2 Å². The van der Waals surface area contributed by atoms with Crippen LogP contribution in [-0.4, -0.2) is 5.33 Å². The van der Waals surface area contributed by atoms with E-state index in [-0.39, 0.29) is 0 Å².